The predicted molar refractivity (Wildman–Crippen MR) is 233 cm³/mol. The molecule has 2 aromatic carbocycles. The summed E-state index contributed by atoms with van der Waals surface area (Å²) in [6, 6.07) is 7.67. The standard InChI is InChI=1S/C22H22F6N6O2.C11H6BrF6N3O.C10H16N4O/c1-12-29-19(36-32-12)33-9-13-2-3-14(10-33)17(13)8-18-30-20(34(31-18)11-21(23,24)25)35-16-6-4-15(5-7-16)22(26,27)28;12-8-19-9(21(20-8)5-10(13,14)15)22-7-3-1-6(2-4-7)11(16,17)18;1-6-12-10(15-13-6)14-4-7-2-3-8(5-14)9(7)11/h4-7,13-14,17H,2-3,8-11H2,1H3;1-4H,5H2;7-9H,2-5,11H2,1H3. The topological polar surface area (TPSA) is 190 Å². The van der Waals surface area contributed by atoms with E-state index in [0.717, 1.165) is 74.5 Å². The molecule has 4 bridgehead atoms. The highest BCUT2D eigenvalue weighted by Crippen LogP contribution is 2.45. The van der Waals surface area contributed by atoms with E-state index in [1.165, 1.54) is 12.8 Å². The van der Waals surface area contributed by atoms with E-state index in [4.69, 9.17) is 24.3 Å². The first-order valence-corrected chi connectivity index (χ1v) is 23.3. The number of fused-ring (bicyclic) bond motifs is 4. The second-order valence-corrected chi connectivity index (χ2v) is 18.7. The van der Waals surface area contributed by atoms with Crippen molar-refractivity contribution in [2.24, 2.45) is 35.3 Å². The zero-order valence-electron chi connectivity index (χ0n) is 38.4. The first kappa shape index (κ1) is 53.1. The highest BCUT2D eigenvalue weighted by atomic mass is 79.9. The minimum atomic E-state index is -4.59. The van der Waals surface area contributed by atoms with Gasteiger partial charge in [0.15, 0.2) is 17.5 Å². The smallest absolute Gasteiger partial charge is 0.416 e. The Morgan fingerprint density at radius 3 is 1.37 bits per heavy atom. The van der Waals surface area contributed by atoms with E-state index in [0.29, 0.717) is 70.4 Å². The molecule has 17 nitrogen and oxygen atoms in total. The SMILES string of the molecule is Cc1noc(N2CC3CCC(C2)C3Cc2nc(Oc3ccc(C(F)(F)F)cc3)n(CC(F)(F)F)n2)n1.Cc1noc(N2CC3CCC(C2)C3N)n1.FC(F)(F)Cn1nc(Br)nc1Oc1ccc(C(F)(F)F)cc1. The fraction of sp³-hybridized carbons (Fsp3) is 0.535. The Kier molecular flexibility index (Phi) is 15.3. The van der Waals surface area contributed by atoms with E-state index < -0.39 is 60.9 Å². The van der Waals surface area contributed by atoms with Gasteiger partial charge in [0, 0.05) is 38.6 Å². The highest BCUT2D eigenvalue weighted by molar-refractivity contribution is 9.10. The molecule has 2 N–H and O–H groups in total. The second kappa shape index (κ2) is 21.0. The molecule has 2 saturated heterocycles. The molecule has 6 aromatic rings. The molecule has 2 saturated carbocycles. The van der Waals surface area contributed by atoms with E-state index in [-0.39, 0.29) is 39.8 Å². The van der Waals surface area contributed by atoms with Crippen LogP contribution < -0.4 is 25.0 Å². The van der Waals surface area contributed by atoms with Crippen LogP contribution in [0.15, 0.2) is 62.3 Å². The zero-order valence-corrected chi connectivity index (χ0v) is 39.9. The Morgan fingerprint density at radius 1 is 0.575 bits per heavy atom. The molecular formula is C43H44BrF12N13O4. The highest BCUT2D eigenvalue weighted by Gasteiger charge is 2.45. The van der Waals surface area contributed by atoms with Gasteiger partial charge in [-0.1, -0.05) is 10.3 Å². The molecule has 6 heterocycles. The molecule has 0 amide bonds. The second-order valence-electron chi connectivity index (χ2n) is 18.0. The Hall–Kier alpha value is -6.20. The van der Waals surface area contributed by atoms with Crippen LogP contribution in [-0.4, -0.2) is 94.4 Å². The van der Waals surface area contributed by atoms with Gasteiger partial charge in [0.25, 0.3) is 0 Å². The number of nitrogens with two attached hydrogens (primary N) is 1. The molecule has 73 heavy (non-hydrogen) atoms. The van der Waals surface area contributed by atoms with E-state index in [1.54, 1.807) is 6.92 Å². The summed E-state index contributed by atoms with van der Waals surface area (Å²) in [5, 5.41) is 15.1. The van der Waals surface area contributed by atoms with Crippen LogP contribution in [0, 0.1) is 43.4 Å². The first-order chi connectivity index (χ1) is 34.2. The van der Waals surface area contributed by atoms with Crippen LogP contribution in [0.3, 0.4) is 0 Å². The van der Waals surface area contributed by atoms with Gasteiger partial charge < -0.3 is 34.1 Å². The van der Waals surface area contributed by atoms with Gasteiger partial charge in [0.2, 0.25) is 4.73 Å². The number of anilines is 2. The Bertz CT molecular complexity index is 2750. The van der Waals surface area contributed by atoms with Gasteiger partial charge in [-0.05, 0) is 134 Å². The lowest BCUT2D eigenvalue weighted by atomic mass is 9.82. The number of alkyl halides is 12. The zero-order chi connectivity index (χ0) is 52.6. The molecule has 396 valence electrons. The Labute approximate surface area is 414 Å². The number of aryl methyl sites for hydroxylation is 2. The maximum absolute atomic E-state index is 13.2. The van der Waals surface area contributed by atoms with Crippen LogP contribution >= 0.6 is 15.9 Å². The van der Waals surface area contributed by atoms with Crippen molar-refractivity contribution in [2.45, 2.75) is 89.8 Å². The minimum absolute atomic E-state index is 0.0754. The number of piperidine rings is 2. The number of rotatable bonds is 10. The summed E-state index contributed by atoms with van der Waals surface area (Å²) in [7, 11) is 0. The molecular weight excluding hydrogens is 1070 g/mol. The third kappa shape index (κ3) is 13.7. The van der Waals surface area contributed by atoms with Gasteiger partial charge in [0.05, 0.1) is 11.1 Å². The van der Waals surface area contributed by atoms with Crippen LogP contribution in [0.2, 0.25) is 0 Å². The van der Waals surface area contributed by atoms with Gasteiger partial charge in [-0.25, -0.2) is 9.36 Å². The molecule has 0 spiro atoms. The van der Waals surface area contributed by atoms with Crippen molar-refractivity contribution in [1.82, 2.24) is 49.8 Å². The number of halogens is 13. The predicted octanol–water partition coefficient (Wildman–Crippen LogP) is 10.0. The van der Waals surface area contributed by atoms with Crippen LogP contribution in [0.1, 0.15) is 54.3 Å². The van der Waals surface area contributed by atoms with Gasteiger partial charge >= 0.3 is 48.8 Å². The Balaban J connectivity index is 0.000000162. The van der Waals surface area contributed by atoms with Crippen LogP contribution in [0.25, 0.3) is 0 Å². The largest absolute Gasteiger partial charge is 0.424 e. The maximum Gasteiger partial charge on any atom is 0.416 e. The van der Waals surface area contributed by atoms with E-state index in [2.05, 4.69) is 61.3 Å². The number of hydrogen-bond donors (Lipinski definition) is 1. The summed E-state index contributed by atoms with van der Waals surface area (Å²) < 4.78 is 174. The number of aromatic nitrogens is 10. The summed E-state index contributed by atoms with van der Waals surface area (Å²) in [6.07, 6.45) is -13.4. The quantitative estimate of drug-likeness (QED) is 0.127. The maximum atomic E-state index is 13.2. The van der Waals surface area contributed by atoms with Crippen molar-refractivity contribution < 1.29 is 71.2 Å². The molecule has 2 aliphatic heterocycles. The van der Waals surface area contributed by atoms with E-state index >= 15 is 0 Å². The van der Waals surface area contributed by atoms with Crippen molar-refractivity contribution in [3.63, 3.8) is 0 Å². The fourth-order valence-corrected chi connectivity index (χ4v) is 9.72. The average molecular weight is 1110 g/mol. The monoisotopic (exact) mass is 1110 g/mol. The number of benzene rings is 2. The van der Waals surface area contributed by atoms with Crippen molar-refractivity contribution in [2.75, 3.05) is 36.0 Å². The van der Waals surface area contributed by atoms with Crippen molar-refractivity contribution >= 4 is 28.0 Å². The molecule has 30 heteroatoms. The summed E-state index contributed by atoms with van der Waals surface area (Å²) in [5.74, 6) is 3.15. The molecule has 2 aliphatic carbocycles. The third-order valence-corrected chi connectivity index (χ3v) is 13.0. The van der Waals surface area contributed by atoms with Gasteiger partial charge in [-0.15, -0.1) is 5.10 Å². The normalized spacial score (nSPS) is 21.9. The minimum Gasteiger partial charge on any atom is -0.424 e. The molecule has 10 rings (SSSR count). The van der Waals surface area contributed by atoms with Gasteiger partial charge in [-0.3, -0.25) is 0 Å². The van der Waals surface area contributed by atoms with Gasteiger partial charge in [0.1, 0.15) is 24.6 Å². The lowest BCUT2D eigenvalue weighted by Crippen LogP contribution is -2.48. The average Bonchev–Trinajstić information content (AvgIpc) is 4.14. The summed E-state index contributed by atoms with van der Waals surface area (Å²) in [5.41, 5.74) is 4.33. The van der Waals surface area contributed by atoms with Gasteiger partial charge in [-0.2, -0.15) is 77.7 Å². The summed E-state index contributed by atoms with van der Waals surface area (Å²) in [4.78, 5) is 20.5. The van der Waals surface area contributed by atoms with Crippen molar-refractivity contribution in [3.8, 4) is 23.5 Å². The summed E-state index contributed by atoms with van der Waals surface area (Å²) >= 11 is 2.80. The molecule has 0 radical (unpaired) electrons. The van der Waals surface area contributed by atoms with E-state index in [9.17, 15) is 52.7 Å². The lowest BCUT2D eigenvalue weighted by Gasteiger charge is -2.36. The van der Waals surface area contributed by atoms with E-state index in [1.807, 2.05) is 11.8 Å². The summed E-state index contributed by atoms with van der Waals surface area (Å²) in [6.45, 7) is 4.01. The first-order valence-electron chi connectivity index (χ1n) is 22.5. The van der Waals surface area contributed by atoms with Crippen LogP contribution in [0.5, 0.6) is 23.5 Å². The number of nitrogens with zero attached hydrogens (tertiary/aromatic N) is 12. The Morgan fingerprint density at radius 2 is 0.973 bits per heavy atom. The molecule has 4 fully saturated rings. The number of ether oxygens (including phenoxy) is 2. The lowest BCUT2D eigenvalue weighted by molar-refractivity contribution is -0.144. The van der Waals surface area contributed by atoms with Crippen LogP contribution in [-0.2, 0) is 31.9 Å². The molecule has 4 aromatic heterocycles. The van der Waals surface area contributed by atoms with Crippen molar-refractivity contribution in [1.29, 1.82) is 0 Å². The third-order valence-electron chi connectivity index (χ3n) is 12.7. The molecule has 4 atom stereocenters. The molecule has 4 aliphatic rings. The van der Waals surface area contributed by atoms with Crippen LogP contribution in [0.4, 0.5) is 64.7 Å². The molecule has 4 unspecified atom stereocenters. The fourth-order valence-electron chi connectivity index (χ4n) is 9.38. The van der Waals surface area contributed by atoms with Crippen molar-refractivity contribution in [3.05, 3.63) is 81.9 Å². The number of hydrogen-bond acceptors (Lipinski definition) is 15.